The van der Waals surface area contributed by atoms with Gasteiger partial charge < -0.3 is 0 Å². The summed E-state index contributed by atoms with van der Waals surface area (Å²) in [6.07, 6.45) is 4.48. The highest BCUT2D eigenvalue weighted by Gasteiger charge is 2.00. The van der Waals surface area contributed by atoms with E-state index in [2.05, 4.69) is 90.0 Å². The Morgan fingerprint density at radius 2 is 0.500 bits per heavy atom. The number of hydrogen-bond acceptors (Lipinski definition) is 1. The fourth-order valence-corrected chi connectivity index (χ4v) is 0.408. The third-order valence-electron chi connectivity index (χ3n) is 1.81. The Labute approximate surface area is 285 Å². The SMILES string of the molecule is C.C.C.C.C.C.C.C.CC.CC.CC.CC.CC(C)C.CC(C)C.CCC.CCC.CCC(=O)C(C)C.CCC(C)C. The van der Waals surface area contributed by atoms with Gasteiger partial charge in [-0.1, -0.05) is 245 Å². The van der Waals surface area contributed by atoms with Crippen molar-refractivity contribution < 1.29 is 4.79 Å². The normalized spacial score (nSPS) is 5.90. The predicted molar refractivity (Wildman–Crippen MR) is 227 cm³/mol. The molecule has 0 radical (unpaired) electrons. The maximum atomic E-state index is 10.5. The second kappa shape index (κ2) is 184. The second-order valence-corrected chi connectivity index (χ2v) is 8.65. The largest absolute Gasteiger partial charge is 0.299 e. The van der Waals surface area contributed by atoms with E-state index in [1.165, 1.54) is 19.3 Å². The summed E-state index contributed by atoms with van der Waals surface area (Å²) in [6, 6.07) is 0. The first-order chi connectivity index (χ1) is 15.7. The number of rotatable bonds is 3. The third kappa shape index (κ3) is 1010. The summed E-state index contributed by atoms with van der Waals surface area (Å²) in [5.41, 5.74) is 0. The molecule has 0 aliphatic heterocycles. The van der Waals surface area contributed by atoms with Gasteiger partial charge in [-0.2, -0.15) is 0 Å². The van der Waals surface area contributed by atoms with E-state index < -0.39 is 0 Å². The number of hydrogen-bond donors (Lipinski definition) is 0. The first-order valence-corrected chi connectivity index (χ1v) is 15.3. The van der Waals surface area contributed by atoms with E-state index in [9.17, 15) is 4.79 Å². The molecular formula is C41H116O. The molecule has 286 valence electrons. The van der Waals surface area contributed by atoms with Gasteiger partial charge in [-0.05, 0) is 17.8 Å². The summed E-state index contributed by atoms with van der Waals surface area (Å²) < 4.78 is 0. The summed E-state index contributed by atoms with van der Waals surface area (Å²) in [5, 5.41) is 0. The zero-order chi connectivity index (χ0) is 30.7. The zero-order valence-electron chi connectivity index (χ0n) is 30.0. The minimum absolute atomic E-state index is 0. The van der Waals surface area contributed by atoms with Crippen molar-refractivity contribution in [2.45, 2.75) is 251 Å². The molecule has 0 aromatic carbocycles. The molecule has 0 bridgehead atoms. The van der Waals surface area contributed by atoms with Crippen LogP contribution in [0.5, 0.6) is 0 Å². The molecule has 0 rings (SSSR count). The van der Waals surface area contributed by atoms with Crippen LogP contribution in [-0.4, -0.2) is 5.78 Å². The van der Waals surface area contributed by atoms with Crippen LogP contribution in [0.25, 0.3) is 0 Å². The molecule has 0 spiro atoms. The van der Waals surface area contributed by atoms with Crippen LogP contribution in [0.3, 0.4) is 0 Å². The fourth-order valence-electron chi connectivity index (χ4n) is 0.408. The Balaban J connectivity index is -0.00000000960. The van der Waals surface area contributed by atoms with Crippen molar-refractivity contribution in [3.8, 4) is 0 Å². The second-order valence-electron chi connectivity index (χ2n) is 8.65. The molecule has 0 aliphatic rings. The Morgan fingerprint density at radius 1 is 0.405 bits per heavy atom. The lowest BCUT2D eigenvalue weighted by Crippen LogP contribution is -2.03. The Morgan fingerprint density at radius 3 is 0.500 bits per heavy atom. The van der Waals surface area contributed by atoms with E-state index in [1.54, 1.807) is 0 Å². The van der Waals surface area contributed by atoms with Crippen molar-refractivity contribution in [2.24, 2.45) is 23.7 Å². The van der Waals surface area contributed by atoms with Crippen LogP contribution in [0.15, 0.2) is 0 Å². The van der Waals surface area contributed by atoms with Crippen molar-refractivity contribution >= 4 is 5.78 Å². The van der Waals surface area contributed by atoms with Gasteiger partial charge in [0.15, 0.2) is 0 Å². The van der Waals surface area contributed by atoms with Crippen LogP contribution in [0.1, 0.15) is 251 Å². The Kier molecular flexibility index (Phi) is 538. The Bertz CT molecular complexity index is 178. The van der Waals surface area contributed by atoms with Crippen molar-refractivity contribution in [2.75, 3.05) is 0 Å². The minimum Gasteiger partial charge on any atom is -0.299 e. The smallest absolute Gasteiger partial charge is 0.135 e. The standard InChI is InChI=1S/C6H12O.C5H12.2C4H10.2C3H8.4C2H6.8CH4/c1-4-6(7)5(2)3;1-4-5(2)3;2*1-4(2)3;2*1-3-2;4*1-2;;;;;;;;/h5H,4H2,1-3H3;5H,4H2,1-3H3;2*4H,1-3H3;2*3H2,1-2H3;4*1-2H3;8*1H4. The summed E-state index contributed by atoms with van der Waals surface area (Å²) in [7, 11) is 0. The van der Waals surface area contributed by atoms with Crippen LogP contribution in [0.4, 0.5) is 0 Å². The molecule has 0 atom stereocenters. The van der Waals surface area contributed by atoms with Gasteiger partial charge in [-0.15, -0.1) is 0 Å². The molecule has 1 nitrogen and oxygen atoms in total. The molecule has 0 aromatic heterocycles. The summed E-state index contributed by atoms with van der Waals surface area (Å²) in [5.74, 6) is 3.12. The van der Waals surface area contributed by atoms with Crippen molar-refractivity contribution in [1.82, 2.24) is 0 Å². The molecule has 0 saturated heterocycles. The average Bonchev–Trinajstić information content (AvgIpc) is 2.79. The van der Waals surface area contributed by atoms with Crippen molar-refractivity contribution in [3.05, 3.63) is 0 Å². The molecule has 0 heterocycles. The van der Waals surface area contributed by atoms with Gasteiger partial charge in [0.1, 0.15) is 5.78 Å². The molecule has 0 aliphatic carbocycles. The summed E-state index contributed by atoms with van der Waals surface area (Å²) in [6.45, 7) is 49.9. The molecule has 0 fully saturated rings. The monoisotopic (exact) mass is 625 g/mol. The number of carbonyl (C=O) groups is 1. The molecule has 42 heavy (non-hydrogen) atoms. The quantitative estimate of drug-likeness (QED) is 0.305. The zero-order valence-corrected chi connectivity index (χ0v) is 30.0. The van der Waals surface area contributed by atoms with Gasteiger partial charge in [0, 0.05) is 12.3 Å². The lowest BCUT2D eigenvalue weighted by molar-refractivity contribution is -0.121. The van der Waals surface area contributed by atoms with Gasteiger partial charge in [-0.3, -0.25) is 4.79 Å². The van der Waals surface area contributed by atoms with E-state index in [4.69, 9.17) is 0 Å². The molecule has 0 saturated carbocycles. The van der Waals surface area contributed by atoms with Gasteiger partial charge in [-0.25, -0.2) is 0 Å². The van der Waals surface area contributed by atoms with E-state index in [0.717, 1.165) is 17.8 Å². The average molecular weight is 625 g/mol. The third-order valence-corrected chi connectivity index (χ3v) is 1.81. The highest BCUT2D eigenvalue weighted by atomic mass is 16.1. The summed E-state index contributed by atoms with van der Waals surface area (Å²) in [4.78, 5) is 10.5. The van der Waals surface area contributed by atoms with Gasteiger partial charge >= 0.3 is 0 Å². The van der Waals surface area contributed by atoms with Crippen LogP contribution < -0.4 is 0 Å². The number of ketones is 1. The van der Waals surface area contributed by atoms with E-state index in [1.807, 2.05) is 76.2 Å². The molecule has 0 amide bonds. The highest BCUT2D eigenvalue weighted by molar-refractivity contribution is 5.79. The fraction of sp³-hybridized carbons (Fsp3) is 0.976. The molecular weight excluding hydrogens is 508 g/mol. The van der Waals surface area contributed by atoms with E-state index >= 15 is 0 Å². The van der Waals surface area contributed by atoms with Crippen molar-refractivity contribution in [1.29, 1.82) is 0 Å². The lowest BCUT2D eigenvalue weighted by atomic mass is 10.1. The van der Waals surface area contributed by atoms with Crippen LogP contribution >= 0.6 is 0 Å². The van der Waals surface area contributed by atoms with E-state index in [0.29, 0.717) is 12.2 Å². The summed E-state index contributed by atoms with van der Waals surface area (Å²) >= 11 is 0. The maximum Gasteiger partial charge on any atom is 0.135 e. The molecule has 0 N–H and O–H groups in total. The highest BCUT2D eigenvalue weighted by Crippen LogP contribution is 1.95. The molecule has 0 aromatic rings. The van der Waals surface area contributed by atoms with Crippen LogP contribution in [0.2, 0.25) is 0 Å². The Hall–Kier alpha value is -0.330. The number of carbonyl (C=O) groups excluding carboxylic acids is 1. The minimum atomic E-state index is 0. The first kappa shape index (κ1) is 123. The molecule has 0 unspecified atom stereocenters. The van der Waals surface area contributed by atoms with Gasteiger partial charge in [0.05, 0.1) is 0 Å². The topological polar surface area (TPSA) is 17.1 Å². The molecule has 1 heteroatoms. The maximum absolute atomic E-state index is 10.5. The lowest BCUT2D eigenvalue weighted by Gasteiger charge is -1.96. The van der Waals surface area contributed by atoms with E-state index in [-0.39, 0.29) is 65.3 Å². The van der Waals surface area contributed by atoms with Gasteiger partial charge in [0.25, 0.3) is 0 Å². The van der Waals surface area contributed by atoms with Crippen molar-refractivity contribution in [3.63, 3.8) is 0 Å². The van der Waals surface area contributed by atoms with Crippen LogP contribution in [-0.2, 0) is 4.79 Å². The van der Waals surface area contributed by atoms with Gasteiger partial charge in [0.2, 0.25) is 0 Å². The predicted octanol–water partition coefficient (Wildman–Crippen LogP) is 19.0. The number of Topliss-reactive ketones (excluding diaryl/α,β-unsaturated/α-hetero) is 1. The first-order valence-electron chi connectivity index (χ1n) is 15.3. The van der Waals surface area contributed by atoms with Crippen LogP contribution in [0, 0.1) is 23.7 Å².